The maximum absolute atomic E-state index is 11.9. The van der Waals surface area contributed by atoms with Gasteiger partial charge in [0.25, 0.3) is 0 Å². The Labute approximate surface area is 138 Å². The van der Waals surface area contributed by atoms with Crippen molar-refractivity contribution in [2.24, 2.45) is 0 Å². The SMILES string of the molecule is COc1ccc(NC(=O)CCSc2nc3ccccc3[nH]2)cc1. The van der Waals surface area contributed by atoms with E-state index in [9.17, 15) is 4.79 Å². The zero-order valence-electron chi connectivity index (χ0n) is 12.7. The van der Waals surface area contributed by atoms with Gasteiger partial charge in [-0.15, -0.1) is 0 Å². The molecule has 6 heteroatoms. The topological polar surface area (TPSA) is 67.0 Å². The lowest BCUT2D eigenvalue weighted by atomic mass is 10.3. The maximum Gasteiger partial charge on any atom is 0.225 e. The Hall–Kier alpha value is -2.47. The zero-order valence-corrected chi connectivity index (χ0v) is 13.5. The summed E-state index contributed by atoms with van der Waals surface area (Å²) in [4.78, 5) is 19.7. The van der Waals surface area contributed by atoms with Crippen LogP contribution >= 0.6 is 11.8 Å². The molecule has 3 rings (SSSR count). The van der Waals surface area contributed by atoms with Crippen LogP contribution < -0.4 is 10.1 Å². The molecule has 1 heterocycles. The number of ether oxygens (including phenoxy) is 1. The average Bonchev–Trinajstić information content (AvgIpc) is 2.98. The Kier molecular flexibility index (Phi) is 4.83. The summed E-state index contributed by atoms with van der Waals surface area (Å²) in [7, 11) is 1.61. The van der Waals surface area contributed by atoms with Gasteiger partial charge in [-0.3, -0.25) is 4.79 Å². The first-order valence-corrected chi connectivity index (χ1v) is 8.24. The first-order valence-electron chi connectivity index (χ1n) is 7.26. The summed E-state index contributed by atoms with van der Waals surface area (Å²) >= 11 is 1.54. The van der Waals surface area contributed by atoms with Gasteiger partial charge >= 0.3 is 0 Å². The van der Waals surface area contributed by atoms with Crippen molar-refractivity contribution >= 4 is 34.4 Å². The largest absolute Gasteiger partial charge is 0.497 e. The number of H-pyrrole nitrogens is 1. The number of fused-ring (bicyclic) bond motifs is 1. The third-order valence-electron chi connectivity index (χ3n) is 3.31. The molecule has 23 heavy (non-hydrogen) atoms. The first kappa shape index (κ1) is 15.4. The molecule has 2 aromatic carbocycles. The van der Waals surface area contributed by atoms with Crippen LogP contribution in [0.3, 0.4) is 0 Å². The van der Waals surface area contributed by atoms with Gasteiger partial charge in [-0.05, 0) is 36.4 Å². The molecule has 0 aliphatic carbocycles. The summed E-state index contributed by atoms with van der Waals surface area (Å²) in [5.74, 6) is 1.42. The summed E-state index contributed by atoms with van der Waals surface area (Å²) in [5.41, 5.74) is 2.72. The van der Waals surface area contributed by atoms with E-state index in [0.717, 1.165) is 27.6 Å². The standard InChI is InChI=1S/C17H17N3O2S/c1-22-13-8-6-12(7-9-13)18-16(21)10-11-23-17-19-14-4-2-3-5-15(14)20-17/h2-9H,10-11H2,1H3,(H,18,21)(H,19,20). The molecular weight excluding hydrogens is 310 g/mol. The molecule has 1 aromatic heterocycles. The molecule has 1 amide bonds. The van der Waals surface area contributed by atoms with Gasteiger partial charge in [0.2, 0.25) is 5.91 Å². The molecule has 5 nitrogen and oxygen atoms in total. The van der Waals surface area contributed by atoms with Crippen LogP contribution in [-0.4, -0.2) is 28.7 Å². The van der Waals surface area contributed by atoms with Crippen molar-refractivity contribution in [3.63, 3.8) is 0 Å². The maximum atomic E-state index is 11.9. The monoisotopic (exact) mass is 327 g/mol. The van der Waals surface area contributed by atoms with Crippen molar-refractivity contribution in [1.82, 2.24) is 9.97 Å². The number of nitrogens with one attached hydrogen (secondary N) is 2. The van der Waals surface area contributed by atoms with Gasteiger partial charge in [-0.2, -0.15) is 0 Å². The van der Waals surface area contributed by atoms with Gasteiger partial charge in [-0.25, -0.2) is 4.98 Å². The smallest absolute Gasteiger partial charge is 0.225 e. The number of carbonyl (C=O) groups is 1. The number of carbonyl (C=O) groups excluding carboxylic acids is 1. The summed E-state index contributed by atoms with van der Waals surface area (Å²) in [6, 6.07) is 15.2. The fourth-order valence-electron chi connectivity index (χ4n) is 2.14. The summed E-state index contributed by atoms with van der Waals surface area (Å²) in [5, 5.41) is 3.70. The van der Waals surface area contributed by atoms with Crippen LogP contribution in [-0.2, 0) is 4.79 Å². The van der Waals surface area contributed by atoms with Crippen molar-refractivity contribution in [2.45, 2.75) is 11.6 Å². The van der Waals surface area contributed by atoms with E-state index in [1.54, 1.807) is 18.9 Å². The third-order valence-corrected chi connectivity index (χ3v) is 4.18. The van der Waals surface area contributed by atoms with E-state index < -0.39 is 0 Å². The predicted octanol–water partition coefficient (Wildman–Crippen LogP) is 3.69. The van der Waals surface area contributed by atoms with Crippen LogP contribution in [0.5, 0.6) is 5.75 Å². The lowest BCUT2D eigenvalue weighted by Gasteiger charge is -2.05. The minimum Gasteiger partial charge on any atom is -0.497 e. The summed E-state index contributed by atoms with van der Waals surface area (Å²) in [6.45, 7) is 0. The Morgan fingerprint density at radius 3 is 2.74 bits per heavy atom. The van der Waals surface area contributed by atoms with E-state index in [1.807, 2.05) is 48.5 Å². The van der Waals surface area contributed by atoms with Gasteiger partial charge in [0, 0.05) is 17.9 Å². The highest BCUT2D eigenvalue weighted by molar-refractivity contribution is 7.99. The number of nitrogens with zero attached hydrogens (tertiary/aromatic N) is 1. The number of hydrogen-bond acceptors (Lipinski definition) is 4. The number of aromatic amines is 1. The second-order valence-corrected chi connectivity index (χ2v) is 6.02. The molecule has 0 radical (unpaired) electrons. The van der Waals surface area contributed by atoms with Crippen LogP contribution in [0.15, 0.2) is 53.7 Å². The Bertz CT molecular complexity index is 766. The normalized spacial score (nSPS) is 10.7. The molecule has 118 valence electrons. The lowest BCUT2D eigenvalue weighted by molar-refractivity contribution is -0.115. The highest BCUT2D eigenvalue weighted by Gasteiger charge is 2.06. The van der Waals surface area contributed by atoms with Gasteiger partial charge in [0.15, 0.2) is 5.16 Å². The molecule has 0 aliphatic heterocycles. The fourth-order valence-corrected chi connectivity index (χ4v) is 2.96. The van der Waals surface area contributed by atoms with Crippen LogP contribution in [0.2, 0.25) is 0 Å². The predicted molar refractivity (Wildman–Crippen MR) is 93.1 cm³/mol. The minimum atomic E-state index is -0.0150. The Morgan fingerprint density at radius 2 is 2.00 bits per heavy atom. The molecule has 0 spiro atoms. The fraction of sp³-hybridized carbons (Fsp3) is 0.176. The number of hydrogen-bond donors (Lipinski definition) is 2. The van der Waals surface area contributed by atoms with Gasteiger partial charge in [-0.1, -0.05) is 23.9 Å². The van der Waals surface area contributed by atoms with Crippen LogP contribution in [0.1, 0.15) is 6.42 Å². The molecule has 2 N–H and O–H groups in total. The van der Waals surface area contributed by atoms with Crippen molar-refractivity contribution in [2.75, 3.05) is 18.2 Å². The van der Waals surface area contributed by atoms with E-state index in [-0.39, 0.29) is 5.91 Å². The first-order chi connectivity index (χ1) is 11.2. The molecule has 0 atom stereocenters. The number of benzene rings is 2. The number of aromatic nitrogens is 2. The lowest BCUT2D eigenvalue weighted by Crippen LogP contribution is -2.12. The van der Waals surface area contributed by atoms with E-state index in [2.05, 4.69) is 15.3 Å². The van der Waals surface area contributed by atoms with Crippen molar-refractivity contribution in [3.8, 4) is 5.75 Å². The Balaban J connectivity index is 1.48. The van der Waals surface area contributed by atoms with Crippen LogP contribution in [0.25, 0.3) is 11.0 Å². The molecule has 0 bridgehead atoms. The zero-order chi connectivity index (χ0) is 16.1. The third kappa shape index (κ3) is 4.04. The van der Waals surface area contributed by atoms with Gasteiger partial charge in [0.05, 0.1) is 18.1 Å². The number of methoxy groups -OCH3 is 1. The van der Waals surface area contributed by atoms with E-state index in [0.29, 0.717) is 12.2 Å². The van der Waals surface area contributed by atoms with E-state index >= 15 is 0 Å². The van der Waals surface area contributed by atoms with E-state index in [1.165, 1.54) is 0 Å². The molecule has 0 fully saturated rings. The number of para-hydroxylation sites is 2. The quantitative estimate of drug-likeness (QED) is 0.678. The number of amides is 1. The summed E-state index contributed by atoms with van der Waals surface area (Å²) in [6.07, 6.45) is 0.424. The van der Waals surface area contributed by atoms with Gasteiger partial charge in [0.1, 0.15) is 5.75 Å². The number of rotatable bonds is 6. The van der Waals surface area contributed by atoms with Crippen molar-refractivity contribution < 1.29 is 9.53 Å². The minimum absolute atomic E-state index is 0.0150. The second-order valence-electron chi connectivity index (χ2n) is 4.93. The second kappa shape index (κ2) is 7.19. The summed E-state index contributed by atoms with van der Waals surface area (Å²) < 4.78 is 5.09. The highest BCUT2D eigenvalue weighted by atomic mass is 32.2. The number of thioether (sulfide) groups is 1. The van der Waals surface area contributed by atoms with Gasteiger partial charge < -0.3 is 15.0 Å². The van der Waals surface area contributed by atoms with Crippen molar-refractivity contribution in [1.29, 1.82) is 0 Å². The van der Waals surface area contributed by atoms with Crippen molar-refractivity contribution in [3.05, 3.63) is 48.5 Å². The average molecular weight is 327 g/mol. The Morgan fingerprint density at radius 1 is 1.22 bits per heavy atom. The molecule has 0 saturated carbocycles. The molecule has 0 unspecified atom stereocenters. The van der Waals surface area contributed by atoms with Crippen LogP contribution in [0, 0.1) is 0 Å². The van der Waals surface area contributed by atoms with Crippen LogP contribution in [0.4, 0.5) is 5.69 Å². The number of anilines is 1. The molecular formula is C17H17N3O2S. The highest BCUT2D eigenvalue weighted by Crippen LogP contribution is 2.20. The molecule has 0 aliphatic rings. The number of imidazole rings is 1. The molecule has 3 aromatic rings. The van der Waals surface area contributed by atoms with E-state index in [4.69, 9.17) is 4.74 Å². The molecule has 0 saturated heterocycles.